The van der Waals surface area contributed by atoms with E-state index in [0.29, 0.717) is 4.57 Å². The fraction of sp³-hybridized carbons (Fsp3) is 0.500. The van der Waals surface area contributed by atoms with E-state index in [1.807, 2.05) is 0 Å². The number of nitrogens with one attached hydrogen (secondary N) is 1. The summed E-state index contributed by atoms with van der Waals surface area (Å²) in [6.45, 7) is 0. The average Bonchev–Trinajstić information content (AvgIpc) is 2.66. The molecule has 0 amide bonds. The van der Waals surface area contributed by atoms with Crippen molar-refractivity contribution in [3.63, 3.8) is 0 Å². The first-order chi connectivity index (χ1) is 10.1. The molecule has 14 heteroatoms. The lowest BCUT2D eigenvalue weighted by atomic mass is 10.1. The normalized spacial score (nSPS) is 26.1. The second-order valence-electron chi connectivity index (χ2n) is 4.61. The topological polar surface area (TPSA) is 244 Å². The molecule has 1 aromatic rings. The maximum absolute atomic E-state index is 14.0. The number of nitrogens with zero attached hydrogens (tertiary/aromatic N) is 2. The molecule has 1 saturated heterocycles. The van der Waals surface area contributed by atoms with Crippen LogP contribution in [0.3, 0.4) is 0 Å². The molecule has 4 atom stereocenters. The highest BCUT2D eigenvalue weighted by atomic mass is 31.2. The van der Waals surface area contributed by atoms with Crippen LogP contribution in [0.25, 0.3) is 0 Å². The Bertz CT molecular complexity index is 783. The summed E-state index contributed by atoms with van der Waals surface area (Å²) in [5, 5.41) is 18.3. The minimum absolute atomic E-state index is 0. The van der Waals surface area contributed by atoms with Gasteiger partial charge in [-0.2, -0.15) is 5.26 Å². The lowest BCUT2D eigenvalue weighted by Crippen LogP contribution is -2.37. The van der Waals surface area contributed by atoms with Gasteiger partial charge in [-0.1, -0.05) is 7.60 Å². The molecule has 1 aliphatic heterocycles. The summed E-state index contributed by atoms with van der Waals surface area (Å²) in [5.41, 5.74) is -2.61. The number of aliphatic hydroxyl groups excluding tert-OH is 1. The summed E-state index contributed by atoms with van der Waals surface area (Å²) in [4.78, 5) is 46.0. The van der Waals surface area contributed by atoms with Crippen molar-refractivity contribution in [3.8, 4) is 6.07 Å². The quantitative estimate of drug-likeness (QED) is 0.420. The molecule has 0 aromatic carbocycles. The monoisotopic (exact) mass is 369 g/mol. The van der Waals surface area contributed by atoms with Crippen LogP contribution in [0.15, 0.2) is 15.8 Å². The zero-order chi connectivity index (χ0) is 16.7. The van der Waals surface area contributed by atoms with Crippen molar-refractivity contribution in [2.45, 2.75) is 24.6 Å². The first kappa shape index (κ1) is 22.1. The van der Waals surface area contributed by atoms with Crippen molar-refractivity contribution < 1.29 is 28.6 Å². The predicted octanol–water partition coefficient (Wildman–Crippen LogP) is -2.33. The molecule has 0 unspecified atom stereocenters. The Kier molecular flexibility index (Phi) is 7.16. The summed E-state index contributed by atoms with van der Waals surface area (Å²) in [7, 11) is -5.08. The maximum Gasteiger partial charge on any atom is 0.330 e. The molecule has 1 fully saturated rings. The van der Waals surface area contributed by atoms with Crippen molar-refractivity contribution in [3.05, 3.63) is 32.6 Å². The fourth-order valence-corrected chi connectivity index (χ4v) is 2.80. The van der Waals surface area contributed by atoms with Gasteiger partial charge in [0.1, 0.15) is 17.7 Å². The van der Waals surface area contributed by atoms with Crippen LogP contribution in [-0.2, 0) is 9.30 Å². The minimum atomic E-state index is -5.08. The maximum atomic E-state index is 14.0. The number of aliphatic hydroxyl groups is 1. The van der Waals surface area contributed by atoms with E-state index in [2.05, 4.69) is 0 Å². The number of alkyl halides is 1. The predicted molar refractivity (Wildman–Crippen MR) is 75.3 cm³/mol. The Morgan fingerprint density at radius 1 is 1.46 bits per heavy atom. The van der Waals surface area contributed by atoms with E-state index in [9.17, 15) is 33.4 Å². The Morgan fingerprint density at radius 3 is 2.54 bits per heavy atom. The molecule has 12 nitrogen and oxygen atoms in total. The summed E-state index contributed by atoms with van der Waals surface area (Å²) in [5.74, 6) is 0. The first-order valence-corrected chi connectivity index (χ1v) is 7.61. The molecular formula is C10H17FN5O7P. The number of hydrogen-bond donors (Lipinski definition) is 4. The molecule has 136 valence electrons. The van der Waals surface area contributed by atoms with Gasteiger partial charge in [-0.15, -0.1) is 0 Å². The summed E-state index contributed by atoms with van der Waals surface area (Å²) >= 11 is 0. The number of aromatic nitrogens is 2. The highest BCUT2D eigenvalue weighted by Gasteiger charge is 2.45. The number of rotatable bonds is 3. The number of hydrogen-bond acceptors (Lipinski definition) is 8. The van der Waals surface area contributed by atoms with Crippen molar-refractivity contribution in [2.24, 2.45) is 0 Å². The average molecular weight is 369 g/mol. The van der Waals surface area contributed by atoms with Crippen molar-refractivity contribution >= 4 is 7.60 Å². The molecule has 0 aliphatic carbocycles. The van der Waals surface area contributed by atoms with Gasteiger partial charge in [-0.05, 0) is 0 Å². The van der Waals surface area contributed by atoms with E-state index in [1.165, 1.54) is 6.07 Å². The third-order valence-corrected chi connectivity index (χ3v) is 3.87. The van der Waals surface area contributed by atoms with E-state index in [1.54, 1.807) is 4.98 Å². The van der Waals surface area contributed by atoms with Crippen LogP contribution in [0.2, 0.25) is 0 Å². The van der Waals surface area contributed by atoms with Gasteiger partial charge in [-0.25, -0.2) is 9.18 Å². The number of H-pyrrole nitrogens is 1. The zero-order valence-electron chi connectivity index (χ0n) is 12.7. The van der Waals surface area contributed by atoms with E-state index < -0.39 is 55.2 Å². The van der Waals surface area contributed by atoms with Crippen LogP contribution in [0.5, 0.6) is 0 Å². The van der Waals surface area contributed by atoms with E-state index >= 15 is 0 Å². The van der Waals surface area contributed by atoms with Crippen LogP contribution in [-0.4, -0.2) is 39.2 Å². The molecule has 0 bridgehead atoms. The van der Waals surface area contributed by atoms with Gasteiger partial charge >= 0.3 is 5.69 Å². The zero-order valence-corrected chi connectivity index (χ0v) is 13.6. The number of nitriles is 1. The van der Waals surface area contributed by atoms with Crippen LogP contribution in [0, 0.1) is 11.3 Å². The minimum Gasteiger partial charge on any atom is -0.811 e. The third kappa shape index (κ3) is 4.34. The molecular weight excluding hydrogens is 352 g/mol. The van der Waals surface area contributed by atoms with Crippen LogP contribution >= 0.6 is 7.60 Å². The highest BCUT2D eigenvalue weighted by molar-refractivity contribution is 7.48. The number of quaternary nitrogens is 2. The smallest absolute Gasteiger partial charge is 0.330 e. The van der Waals surface area contributed by atoms with Gasteiger partial charge < -0.3 is 36.5 Å². The molecule has 1 aliphatic rings. The van der Waals surface area contributed by atoms with Gasteiger partial charge in [0, 0.05) is 12.4 Å². The molecule has 10 N–H and O–H groups in total. The fourth-order valence-electron chi connectivity index (χ4n) is 2.05. The van der Waals surface area contributed by atoms with Crippen LogP contribution < -0.4 is 33.3 Å². The Balaban J connectivity index is 0.00000264. The number of ether oxygens (including phenoxy) is 1. The molecule has 0 spiro atoms. The molecule has 2 heterocycles. The summed E-state index contributed by atoms with van der Waals surface area (Å²) < 4.78 is 30.1. The molecule has 0 saturated carbocycles. The van der Waals surface area contributed by atoms with E-state index in [4.69, 9.17) is 10.00 Å². The number of halogens is 1. The van der Waals surface area contributed by atoms with Crippen molar-refractivity contribution in [1.82, 2.24) is 21.9 Å². The molecule has 1 aromatic heterocycles. The van der Waals surface area contributed by atoms with Gasteiger partial charge in [0.25, 0.3) is 5.56 Å². The van der Waals surface area contributed by atoms with Crippen molar-refractivity contribution in [1.29, 1.82) is 5.26 Å². The second kappa shape index (κ2) is 7.77. The van der Waals surface area contributed by atoms with E-state index in [0.717, 1.165) is 6.20 Å². The lowest BCUT2D eigenvalue weighted by Gasteiger charge is -2.32. The molecule has 2 rings (SSSR count). The first-order valence-electron chi connectivity index (χ1n) is 5.88. The van der Waals surface area contributed by atoms with Crippen molar-refractivity contribution in [2.75, 3.05) is 6.16 Å². The van der Waals surface area contributed by atoms with Gasteiger partial charge in [0.2, 0.25) is 0 Å². The Hall–Kier alpha value is -1.91. The summed E-state index contributed by atoms with van der Waals surface area (Å²) in [6, 6.07) is 1.47. The number of aromatic amines is 1. The van der Waals surface area contributed by atoms with Gasteiger partial charge in [0.15, 0.2) is 12.4 Å². The molecule has 0 radical (unpaired) electrons. The SMILES string of the molecule is N#Cc1cn([C@@H]2O[C@H](CP(=O)([O-])[O-])[C@@H](O)[C@H]2F)c(=O)[nH]c1=O.[NH4+].[NH4+]. The Labute approximate surface area is 133 Å². The third-order valence-electron chi connectivity index (χ3n) is 3.06. The standard InChI is InChI=1S/C10H11FN3O7P.2H3N/c11-6-7(15)5(3-22(18,19)20)21-9(6)14-2-4(1-12)8(16)13-10(14)17;;/h2,5-7,9,15H,3H2,(H,13,16,17)(H2,18,19,20);2*1H3/t5-,6-,7-,9-;;/m1../s1. The lowest BCUT2D eigenvalue weighted by molar-refractivity contribution is -0.315. The molecule has 24 heavy (non-hydrogen) atoms. The van der Waals surface area contributed by atoms with Crippen LogP contribution in [0.4, 0.5) is 4.39 Å². The van der Waals surface area contributed by atoms with Gasteiger partial charge in [-0.3, -0.25) is 14.3 Å². The summed E-state index contributed by atoms with van der Waals surface area (Å²) in [6.07, 6.45) is -8.05. The largest absolute Gasteiger partial charge is 0.811 e. The second-order valence-corrected chi connectivity index (χ2v) is 6.20. The van der Waals surface area contributed by atoms with Crippen LogP contribution in [0.1, 0.15) is 11.8 Å². The Morgan fingerprint density at radius 2 is 2.04 bits per heavy atom. The van der Waals surface area contributed by atoms with Gasteiger partial charge in [0.05, 0.1) is 6.10 Å². The highest BCUT2D eigenvalue weighted by Crippen LogP contribution is 2.36. The van der Waals surface area contributed by atoms with E-state index in [-0.39, 0.29) is 12.3 Å².